The fourth-order valence-electron chi connectivity index (χ4n) is 1.41. The molecule has 0 aromatic carbocycles. The topological polar surface area (TPSA) is 87.7 Å². The molecule has 0 aromatic heterocycles. The Kier molecular flexibility index (Phi) is 9.52. The zero-order chi connectivity index (χ0) is 14.7. The van der Waals surface area contributed by atoms with Crippen LogP contribution in [0.2, 0.25) is 0 Å². The molecule has 0 heterocycles. The highest BCUT2D eigenvalue weighted by atomic mass is 16.5. The molecule has 2 amide bonds. The summed E-state index contributed by atoms with van der Waals surface area (Å²) in [5.41, 5.74) is 0. The van der Waals surface area contributed by atoms with Crippen molar-refractivity contribution >= 4 is 12.0 Å². The predicted octanol–water partition coefficient (Wildman–Crippen LogP) is 1.38. The van der Waals surface area contributed by atoms with E-state index in [4.69, 9.17) is 9.84 Å². The normalized spacial score (nSPS) is 11.9. The van der Waals surface area contributed by atoms with Gasteiger partial charge in [0.25, 0.3) is 0 Å². The second-order valence-corrected chi connectivity index (χ2v) is 4.61. The summed E-state index contributed by atoms with van der Waals surface area (Å²) in [4.78, 5) is 22.4. The fourth-order valence-corrected chi connectivity index (χ4v) is 1.41. The minimum absolute atomic E-state index is 0.198. The number of nitrogens with one attached hydrogen (secondary N) is 2. The van der Waals surface area contributed by atoms with E-state index in [1.165, 1.54) is 0 Å². The van der Waals surface area contributed by atoms with Crippen LogP contribution in [0, 0.1) is 5.92 Å². The quantitative estimate of drug-likeness (QED) is 0.414. The third kappa shape index (κ3) is 10.1. The number of urea groups is 1. The van der Waals surface area contributed by atoms with Gasteiger partial charge in [0.05, 0.1) is 13.2 Å². The first-order valence-corrected chi connectivity index (χ1v) is 6.43. The summed E-state index contributed by atoms with van der Waals surface area (Å²) in [6, 6.07) is -1.35. The molecule has 6 heteroatoms. The molecular formula is C13H24N2O4. The molecule has 0 rings (SSSR count). The summed E-state index contributed by atoms with van der Waals surface area (Å²) in [5.74, 6) is -0.824. The van der Waals surface area contributed by atoms with Gasteiger partial charge in [-0.15, -0.1) is 6.58 Å². The molecule has 0 aliphatic carbocycles. The lowest BCUT2D eigenvalue weighted by molar-refractivity contribution is -0.139. The Bertz CT molecular complexity index is 292. The molecule has 0 aromatic rings. The molecule has 1 unspecified atom stereocenters. The van der Waals surface area contributed by atoms with E-state index in [1.807, 2.05) is 13.8 Å². The van der Waals surface area contributed by atoms with Crippen LogP contribution in [0.4, 0.5) is 4.79 Å². The maximum Gasteiger partial charge on any atom is 0.326 e. The van der Waals surface area contributed by atoms with Crippen molar-refractivity contribution in [1.82, 2.24) is 10.6 Å². The molecule has 0 spiro atoms. The average Bonchev–Trinajstić information content (AvgIpc) is 2.32. The van der Waals surface area contributed by atoms with Crippen LogP contribution in [-0.2, 0) is 9.53 Å². The van der Waals surface area contributed by atoms with E-state index in [-0.39, 0.29) is 5.92 Å². The first-order valence-electron chi connectivity index (χ1n) is 6.43. The van der Waals surface area contributed by atoms with Crippen molar-refractivity contribution in [3.8, 4) is 0 Å². The fraction of sp³-hybridized carbons (Fsp3) is 0.692. The molecule has 0 fully saturated rings. The lowest BCUT2D eigenvalue weighted by atomic mass is 10.0. The Morgan fingerprint density at radius 3 is 2.58 bits per heavy atom. The Hall–Kier alpha value is -1.56. The minimum atomic E-state index is -1.02. The van der Waals surface area contributed by atoms with E-state index in [2.05, 4.69) is 17.2 Å². The van der Waals surface area contributed by atoms with Gasteiger partial charge in [0, 0.05) is 6.54 Å². The van der Waals surface area contributed by atoms with E-state index >= 15 is 0 Å². The molecule has 0 saturated carbocycles. The summed E-state index contributed by atoms with van der Waals surface area (Å²) in [6.45, 7) is 8.68. The number of rotatable bonds is 10. The highest BCUT2D eigenvalue weighted by Crippen LogP contribution is 2.04. The smallest absolute Gasteiger partial charge is 0.326 e. The van der Waals surface area contributed by atoms with E-state index in [1.54, 1.807) is 6.08 Å². The van der Waals surface area contributed by atoms with Gasteiger partial charge in [-0.25, -0.2) is 9.59 Å². The van der Waals surface area contributed by atoms with Gasteiger partial charge in [0.2, 0.25) is 0 Å². The number of hydrogen-bond acceptors (Lipinski definition) is 3. The van der Waals surface area contributed by atoms with Crippen LogP contribution in [0.5, 0.6) is 0 Å². The van der Waals surface area contributed by atoms with Crippen molar-refractivity contribution in [1.29, 1.82) is 0 Å². The van der Waals surface area contributed by atoms with E-state index in [9.17, 15) is 9.59 Å². The number of ether oxygens (including phenoxy) is 1. The molecule has 1 atom stereocenters. The molecule has 110 valence electrons. The first kappa shape index (κ1) is 17.4. The zero-order valence-electron chi connectivity index (χ0n) is 11.6. The van der Waals surface area contributed by atoms with Crippen LogP contribution in [-0.4, -0.2) is 42.9 Å². The van der Waals surface area contributed by atoms with Crippen LogP contribution in [0.1, 0.15) is 26.7 Å². The molecule has 0 aliphatic heterocycles. The van der Waals surface area contributed by atoms with Gasteiger partial charge in [-0.3, -0.25) is 0 Å². The van der Waals surface area contributed by atoms with Gasteiger partial charge in [-0.05, 0) is 18.8 Å². The third-order valence-electron chi connectivity index (χ3n) is 2.31. The van der Waals surface area contributed by atoms with Crippen LogP contribution >= 0.6 is 0 Å². The van der Waals surface area contributed by atoms with Gasteiger partial charge in [0.15, 0.2) is 0 Å². The first-order chi connectivity index (χ1) is 8.97. The second kappa shape index (κ2) is 10.4. The number of carbonyl (C=O) groups excluding carboxylic acids is 1. The van der Waals surface area contributed by atoms with E-state index in [0.717, 1.165) is 6.42 Å². The SMILES string of the molecule is C=CCCOCCNC(=O)NC(CC(C)C)C(=O)O. The zero-order valence-corrected chi connectivity index (χ0v) is 11.6. The van der Waals surface area contributed by atoms with Crippen LogP contribution in [0.25, 0.3) is 0 Å². The summed E-state index contributed by atoms with van der Waals surface area (Å²) in [6.07, 6.45) is 2.92. The molecule has 0 radical (unpaired) electrons. The molecule has 0 aliphatic rings. The van der Waals surface area contributed by atoms with Crippen molar-refractivity contribution in [2.45, 2.75) is 32.7 Å². The number of amides is 2. The number of carbonyl (C=O) groups is 2. The maximum absolute atomic E-state index is 11.5. The van der Waals surface area contributed by atoms with Crippen molar-refractivity contribution in [2.75, 3.05) is 19.8 Å². The third-order valence-corrected chi connectivity index (χ3v) is 2.31. The lowest BCUT2D eigenvalue weighted by Crippen LogP contribution is -2.47. The van der Waals surface area contributed by atoms with Crippen LogP contribution in [0.3, 0.4) is 0 Å². The summed E-state index contributed by atoms with van der Waals surface area (Å²) >= 11 is 0. The summed E-state index contributed by atoms with van der Waals surface area (Å²) < 4.78 is 5.21. The largest absolute Gasteiger partial charge is 0.480 e. The van der Waals surface area contributed by atoms with Crippen LogP contribution < -0.4 is 10.6 Å². The highest BCUT2D eigenvalue weighted by molar-refractivity contribution is 5.82. The van der Waals surface area contributed by atoms with Crippen molar-refractivity contribution in [2.24, 2.45) is 5.92 Å². The average molecular weight is 272 g/mol. The Morgan fingerprint density at radius 1 is 1.37 bits per heavy atom. The van der Waals surface area contributed by atoms with E-state index in [0.29, 0.717) is 26.2 Å². The second-order valence-electron chi connectivity index (χ2n) is 4.61. The number of aliphatic carboxylic acids is 1. The lowest BCUT2D eigenvalue weighted by Gasteiger charge is -2.16. The Labute approximate surface area is 114 Å². The number of hydrogen-bond donors (Lipinski definition) is 3. The van der Waals surface area contributed by atoms with Crippen molar-refractivity contribution in [3.63, 3.8) is 0 Å². The molecule has 0 bridgehead atoms. The monoisotopic (exact) mass is 272 g/mol. The number of carboxylic acid groups (broad SMARTS) is 1. The van der Waals surface area contributed by atoms with E-state index < -0.39 is 18.0 Å². The molecule has 0 saturated heterocycles. The van der Waals surface area contributed by atoms with Gasteiger partial charge in [-0.1, -0.05) is 19.9 Å². The van der Waals surface area contributed by atoms with Gasteiger partial charge in [-0.2, -0.15) is 0 Å². The van der Waals surface area contributed by atoms with Gasteiger partial charge >= 0.3 is 12.0 Å². The Balaban J connectivity index is 3.81. The highest BCUT2D eigenvalue weighted by Gasteiger charge is 2.20. The molecule has 3 N–H and O–H groups in total. The molecular weight excluding hydrogens is 248 g/mol. The minimum Gasteiger partial charge on any atom is -0.480 e. The predicted molar refractivity (Wildman–Crippen MR) is 73.0 cm³/mol. The van der Waals surface area contributed by atoms with Gasteiger partial charge < -0.3 is 20.5 Å². The van der Waals surface area contributed by atoms with Crippen LogP contribution in [0.15, 0.2) is 12.7 Å². The van der Waals surface area contributed by atoms with Gasteiger partial charge in [0.1, 0.15) is 6.04 Å². The Morgan fingerprint density at radius 2 is 2.05 bits per heavy atom. The van der Waals surface area contributed by atoms with Crippen molar-refractivity contribution < 1.29 is 19.4 Å². The standard InChI is InChI=1S/C13H24N2O4/c1-4-5-7-19-8-6-14-13(18)15-11(12(16)17)9-10(2)3/h4,10-11H,1,5-9H2,2-3H3,(H,16,17)(H2,14,15,18). The molecule has 6 nitrogen and oxygen atoms in total. The van der Waals surface area contributed by atoms with Crippen molar-refractivity contribution in [3.05, 3.63) is 12.7 Å². The summed E-state index contributed by atoms with van der Waals surface area (Å²) in [7, 11) is 0. The summed E-state index contributed by atoms with van der Waals surface area (Å²) in [5, 5.41) is 13.9. The molecule has 19 heavy (non-hydrogen) atoms. The number of carboxylic acids is 1. The maximum atomic E-state index is 11.5.